The first-order chi connectivity index (χ1) is 13.0. The average Bonchev–Trinajstić information content (AvgIpc) is 2.86. The minimum Gasteiger partial charge on any atom is -0.349 e. The molecule has 1 aliphatic heterocycles. The highest BCUT2D eigenvalue weighted by molar-refractivity contribution is 5.76. The first-order valence-corrected chi connectivity index (χ1v) is 9.31. The largest absolute Gasteiger partial charge is 0.349 e. The molecule has 0 aliphatic carbocycles. The van der Waals surface area contributed by atoms with Crippen molar-refractivity contribution in [1.29, 1.82) is 5.26 Å². The van der Waals surface area contributed by atoms with Crippen LogP contribution in [0.2, 0.25) is 0 Å². The van der Waals surface area contributed by atoms with Gasteiger partial charge in [0.1, 0.15) is 17.5 Å². The fourth-order valence-electron chi connectivity index (χ4n) is 3.60. The zero-order chi connectivity index (χ0) is 19.4. The van der Waals surface area contributed by atoms with E-state index in [-0.39, 0.29) is 23.5 Å². The molecule has 0 saturated heterocycles. The monoisotopic (exact) mass is 368 g/mol. The van der Waals surface area contributed by atoms with E-state index in [0.29, 0.717) is 24.2 Å². The van der Waals surface area contributed by atoms with E-state index in [1.807, 2.05) is 6.07 Å². The van der Waals surface area contributed by atoms with Gasteiger partial charge in [0.25, 0.3) is 5.56 Å². The standard InChI is InChI=1S/C19H24N6O2/c1-12-14(13(2)22-19(27)15(12)10-20)7-8-18(26)21-11-17-24-23-16-6-4-3-5-9-25(16)17/h3-9,11H2,1-2H3,(H,21,26)(H,22,27). The Labute approximate surface area is 157 Å². The fraction of sp³-hybridized carbons (Fsp3) is 0.526. The molecule has 142 valence electrons. The topological polar surface area (TPSA) is 116 Å². The Morgan fingerprint density at radius 3 is 2.89 bits per heavy atom. The van der Waals surface area contributed by atoms with Crippen LogP contribution in [0, 0.1) is 25.2 Å². The lowest BCUT2D eigenvalue weighted by Gasteiger charge is -2.11. The number of aromatic nitrogens is 4. The molecule has 8 heteroatoms. The van der Waals surface area contributed by atoms with Crippen LogP contribution in [0.25, 0.3) is 0 Å². The summed E-state index contributed by atoms with van der Waals surface area (Å²) >= 11 is 0. The van der Waals surface area contributed by atoms with E-state index in [9.17, 15) is 9.59 Å². The van der Waals surface area contributed by atoms with Gasteiger partial charge in [-0.15, -0.1) is 10.2 Å². The lowest BCUT2D eigenvalue weighted by Crippen LogP contribution is -2.26. The molecule has 0 spiro atoms. The molecule has 3 heterocycles. The van der Waals surface area contributed by atoms with Crippen LogP contribution in [-0.4, -0.2) is 25.7 Å². The molecule has 0 bridgehead atoms. The molecular formula is C19H24N6O2. The number of nitrogens with one attached hydrogen (secondary N) is 2. The van der Waals surface area contributed by atoms with E-state index in [4.69, 9.17) is 5.26 Å². The van der Waals surface area contributed by atoms with Gasteiger partial charge >= 0.3 is 0 Å². The number of carbonyl (C=O) groups is 1. The summed E-state index contributed by atoms with van der Waals surface area (Å²) < 4.78 is 2.11. The number of pyridine rings is 1. The maximum atomic E-state index is 12.3. The molecule has 3 rings (SSSR count). The maximum Gasteiger partial charge on any atom is 0.266 e. The third-order valence-corrected chi connectivity index (χ3v) is 5.15. The zero-order valence-electron chi connectivity index (χ0n) is 15.8. The quantitative estimate of drug-likeness (QED) is 0.828. The summed E-state index contributed by atoms with van der Waals surface area (Å²) in [5, 5.41) is 20.5. The van der Waals surface area contributed by atoms with E-state index < -0.39 is 0 Å². The SMILES string of the molecule is Cc1[nH]c(=O)c(C#N)c(C)c1CCC(=O)NCc1nnc2n1CCCCC2. The number of rotatable bonds is 5. The predicted octanol–water partition coefficient (Wildman–Crippen LogP) is 1.43. The fourth-order valence-corrected chi connectivity index (χ4v) is 3.60. The number of hydrogen-bond acceptors (Lipinski definition) is 5. The van der Waals surface area contributed by atoms with Gasteiger partial charge in [-0.1, -0.05) is 6.42 Å². The molecule has 2 aromatic heterocycles. The van der Waals surface area contributed by atoms with Crippen molar-refractivity contribution >= 4 is 5.91 Å². The Balaban J connectivity index is 1.61. The van der Waals surface area contributed by atoms with Crippen molar-refractivity contribution in [2.75, 3.05) is 0 Å². The van der Waals surface area contributed by atoms with Gasteiger partial charge in [-0.05, 0) is 44.2 Å². The van der Waals surface area contributed by atoms with Crippen LogP contribution in [0.15, 0.2) is 4.79 Å². The summed E-state index contributed by atoms with van der Waals surface area (Å²) in [4.78, 5) is 26.8. The van der Waals surface area contributed by atoms with Gasteiger partial charge in [0.2, 0.25) is 5.91 Å². The van der Waals surface area contributed by atoms with E-state index in [1.165, 1.54) is 6.42 Å². The van der Waals surface area contributed by atoms with E-state index >= 15 is 0 Å². The van der Waals surface area contributed by atoms with Crippen LogP contribution < -0.4 is 10.9 Å². The lowest BCUT2D eigenvalue weighted by molar-refractivity contribution is -0.121. The Morgan fingerprint density at radius 2 is 2.11 bits per heavy atom. The summed E-state index contributed by atoms with van der Waals surface area (Å²) in [5.41, 5.74) is 1.93. The molecule has 0 radical (unpaired) electrons. The molecule has 2 aromatic rings. The van der Waals surface area contributed by atoms with Crippen molar-refractivity contribution in [1.82, 2.24) is 25.1 Å². The van der Waals surface area contributed by atoms with Crippen LogP contribution in [0.5, 0.6) is 0 Å². The van der Waals surface area contributed by atoms with Gasteiger partial charge < -0.3 is 14.9 Å². The highest BCUT2D eigenvalue weighted by Gasteiger charge is 2.16. The Hall–Kier alpha value is -2.95. The normalized spacial score (nSPS) is 13.5. The molecule has 2 N–H and O–H groups in total. The molecule has 8 nitrogen and oxygen atoms in total. The maximum absolute atomic E-state index is 12.3. The van der Waals surface area contributed by atoms with Crippen LogP contribution in [0.4, 0.5) is 0 Å². The summed E-state index contributed by atoms with van der Waals surface area (Å²) in [5.74, 6) is 1.70. The van der Waals surface area contributed by atoms with Crippen molar-refractivity contribution in [3.63, 3.8) is 0 Å². The molecule has 0 aromatic carbocycles. The molecule has 0 saturated carbocycles. The minimum absolute atomic E-state index is 0.0931. The van der Waals surface area contributed by atoms with Gasteiger partial charge in [-0.2, -0.15) is 5.26 Å². The third-order valence-electron chi connectivity index (χ3n) is 5.15. The van der Waals surface area contributed by atoms with Crippen molar-refractivity contribution < 1.29 is 4.79 Å². The number of aryl methyl sites for hydroxylation is 2. The first-order valence-electron chi connectivity index (χ1n) is 9.31. The number of hydrogen-bond donors (Lipinski definition) is 2. The van der Waals surface area contributed by atoms with E-state index in [1.54, 1.807) is 13.8 Å². The van der Waals surface area contributed by atoms with Crippen LogP contribution in [0.1, 0.15) is 59.7 Å². The summed E-state index contributed by atoms with van der Waals surface area (Å²) in [7, 11) is 0. The number of aromatic amines is 1. The number of H-pyrrole nitrogens is 1. The zero-order valence-corrected chi connectivity index (χ0v) is 15.8. The van der Waals surface area contributed by atoms with Gasteiger partial charge in [0.15, 0.2) is 5.82 Å². The first kappa shape index (κ1) is 18.8. The van der Waals surface area contributed by atoms with Gasteiger partial charge in [0, 0.05) is 25.1 Å². The van der Waals surface area contributed by atoms with Crippen molar-refractivity contribution in [3.05, 3.63) is 44.4 Å². The number of fused-ring (bicyclic) bond motifs is 1. The summed E-state index contributed by atoms with van der Waals surface area (Å²) in [6, 6.07) is 1.93. The molecule has 27 heavy (non-hydrogen) atoms. The summed E-state index contributed by atoms with van der Waals surface area (Å²) in [6.07, 6.45) is 5.11. The van der Waals surface area contributed by atoms with E-state index in [0.717, 1.165) is 43.0 Å². The van der Waals surface area contributed by atoms with Crippen molar-refractivity contribution in [3.8, 4) is 6.07 Å². The van der Waals surface area contributed by atoms with Crippen LogP contribution >= 0.6 is 0 Å². The van der Waals surface area contributed by atoms with Crippen molar-refractivity contribution in [2.24, 2.45) is 0 Å². The second-order valence-electron chi connectivity index (χ2n) is 6.94. The minimum atomic E-state index is -0.381. The third kappa shape index (κ3) is 4.08. The number of carbonyl (C=O) groups excluding carboxylic acids is 1. The van der Waals surface area contributed by atoms with Gasteiger partial charge in [-0.3, -0.25) is 9.59 Å². The second kappa shape index (κ2) is 8.16. The highest BCUT2D eigenvalue weighted by Crippen LogP contribution is 2.16. The molecule has 0 atom stereocenters. The van der Waals surface area contributed by atoms with Gasteiger partial charge in [0.05, 0.1) is 6.54 Å². The molecule has 0 unspecified atom stereocenters. The van der Waals surface area contributed by atoms with E-state index in [2.05, 4.69) is 25.1 Å². The second-order valence-corrected chi connectivity index (χ2v) is 6.94. The molecular weight excluding hydrogens is 344 g/mol. The number of nitriles is 1. The average molecular weight is 368 g/mol. The molecule has 1 aliphatic rings. The Bertz CT molecular complexity index is 950. The predicted molar refractivity (Wildman–Crippen MR) is 99.0 cm³/mol. The van der Waals surface area contributed by atoms with Crippen LogP contribution in [0.3, 0.4) is 0 Å². The van der Waals surface area contributed by atoms with Crippen LogP contribution in [-0.2, 0) is 30.7 Å². The highest BCUT2D eigenvalue weighted by atomic mass is 16.1. The number of nitrogens with zero attached hydrogens (tertiary/aromatic N) is 4. The Kier molecular flexibility index (Phi) is 5.69. The Morgan fingerprint density at radius 1 is 1.30 bits per heavy atom. The molecule has 1 amide bonds. The lowest BCUT2D eigenvalue weighted by atomic mass is 9.99. The number of amides is 1. The smallest absolute Gasteiger partial charge is 0.266 e. The summed E-state index contributed by atoms with van der Waals surface area (Å²) in [6.45, 7) is 4.80. The van der Waals surface area contributed by atoms with Crippen molar-refractivity contribution in [2.45, 2.75) is 65.5 Å². The molecule has 0 fully saturated rings. The van der Waals surface area contributed by atoms with Gasteiger partial charge in [-0.25, -0.2) is 0 Å².